The maximum atomic E-state index is 9.00. The van der Waals surface area contributed by atoms with Gasteiger partial charge in [-0.25, -0.2) is 0 Å². The van der Waals surface area contributed by atoms with Gasteiger partial charge in [-0.15, -0.1) is 0 Å². The minimum Gasteiger partial charge on any atom is -0.396 e. The van der Waals surface area contributed by atoms with Gasteiger partial charge in [0.25, 0.3) is 0 Å². The molecule has 1 heteroatoms. The summed E-state index contributed by atoms with van der Waals surface area (Å²) in [6, 6.07) is 10.5. The van der Waals surface area contributed by atoms with Gasteiger partial charge in [0, 0.05) is 6.61 Å². The smallest absolute Gasteiger partial charge is 0.0436 e. The van der Waals surface area contributed by atoms with E-state index in [2.05, 4.69) is 31.2 Å². The number of aliphatic hydroxyl groups excluding tert-OH is 1. The lowest BCUT2D eigenvalue weighted by Gasteiger charge is -2.15. The second-order valence-electron chi connectivity index (χ2n) is 3.76. The van der Waals surface area contributed by atoms with Crippen LogP contribution < -0.4 is 0 Å². The Morgan fingerprint density at radius 1 is 1.14 bits per heavy atom. The third kappa shape index (κ3) is 3.51. The van der Waals surface area contributed by atoms with Gasteiger partial charge in [0.15, 0.2) is 0 Å². The number of rotatable bonds is 6. The molecule has 0 heterocycles. The minimum atomic E-state index is 0.295. The van der Waals surface area contributed by atoms with Crippen molar-refractivity contribution in [3.8, 4) is 0 Å². The molecule has 1 aromatic rings. The van der Waals surface area contributed by atoms with Gasteiger partial charge in [-0.1, -0.05) is 50.1 Å². The molecule has 0 amide bonds. The Hall–Kier alpha value is -0.820. The first kappa shape index (κ1) is 11.3. The summed E-state index contributed by atoms with van der Waals surface area (Å²) in [4.78, 5) is 0. The van der Waals surface area contributed by atoms with Crippen LogP contribution in [0.1, 0.15) is 44.1 Å². The van der Waals surface area contributed by atoms with Crippen molar-refractivity contribution in [1.82, 2.24) is 0 Å². The predicted octanol–water partition coefficient (Wildman–Crippen LogP) is 3.34. The second-order valence-corrected chi connectivity index (χ2v) is 3.76. The van der Waals surface area contributed by atoms with Crippen molar-refractivity contribution in [2.24, 2.45) is 0 Å². The van der Waals surface area contributed by atoms with E-state index < -0.39 is 0 Å². The Morgan fingerprint density at radius 3 is 2.43 bits per heavy atom. The van der Waals surface area contributed by atoms with E-state index in [1.807, 2.05) is 6.07 Å². The Labute approximate surface area is 86.8 Å². The topological polar surface area (TPSA) is 20.2 Å². The molecule has 0 unspecified atom stereocenters. The average Bonchev–Trinajstić information content (AvgIpc) is 2.25. The highest BCUT2D eigenvalue weighted by molar-refractivity contribution is 5.19. The maximum absolute atomic E-state index is 9.00. The summed E-state index contributed by atoms with van der Waals surface area (Å²) in [5.74, 6) is 0.543. The van der Waals surface area contributed by atoms with E-state index >= 15 is 0 Å². The molecule has 0 aliphatic heterocycles. The van der Waals surface area contributed by atoms with Crippen LogP contribution in [0.2, 0.25) is 0 Å². The highest BCUT2D eigenvalue weighted by Crippen LogP contribution is 2.24. The number of aliphatic hydroxyl groups is 1. The van der Waals surface area contributed by atoms with Gasteiger partial charge in [-0.3, -0.25) is 0 Å². The number of unbranched alkanes of at least 4 members (excludes halogenated alkanes) is 1. The van der Waals surface area contributed by atoms with Gasteiger partial charge < -0.3 is 5.11 Å². The molecular formula is C13H20O. The van der Waals surface area contributed by atoms with Crippen molar-refractivity contribution >= 4 is 0 Å². The summed E-state index contributed by atoms with van der Waals surface area (Å²) < 4.78 is 0. The SMILES string of the molecule is CCCC[C@H](CCO)c1ccccc1. The fourth-order valence-corrected chi connectivity index (χ4v) is 1.81. The fraction of sp³-hybridized carbons (Fsp3) is 0.538. The van der Waals surface area contributed by atoms with Crippen LogP contribution >= 0.6 is 0 Å². The van der Waals surface area contributed by atoms with Gasteiger partial charge >= 0.3 is 0 Å². The Bertz CT molecular complexity index is 230. The monoisotopic (exact) mass is 192 g/mol. The van der Waals surface area contributed by atoms with Crippen LogP contribution in [0.25, 0.3) is 0 Å². The molecule has 1 aromatic carbocycles. The molecule has 0 saturated carbocycles. The second kappa shape index (κ2) is 6.61. The van der Waals surface area contributed by atoms with Crippen LogP contribution in [-0.2, 0) is 0 Å². The van der Waals surface area contributed by atoms with E-state index in [0.29, 0.717) is 12.5 Å². The van der Waals surface area contributed by atoms with Crippen LogP contribution in [0.5, 0.6) is 0 Å². The van der Waals surface area contributed by atoms with Gasteiger partial charge in [-0.05, 0) is 24.3 Å². The van der Waals surface area contributed by atoms with Crippen molar-refractivity contribution in [2.75, 3.05) is 6.61 Å². The summed E-state index contributed by atoms with van der Waals surface area (Å²) >= 11 is 0. The summed E-state index contributed by atoms with van der Waals surface area (Å²) in [7, 11) is 0. The van der Waals surface area contributed by atoms with E-state index in [1.54, 1.807) is 0 Å². The van der Waals surface area contributed by atoms with Crippen molar-refractivity contribution in [3.63, 3.8) is 0 Å². The van der Waals surface area contributed by atoms with E-state index in [0.717, 1.165) is 6.42 Å². The standard InChI is InChI=1S/C13H20O/c1-2-3-7-13(10-11-14)12-8-5-4-6-9-12/h4-6,8-9,13-14H,2-3,7,10-11H2,1H3/t13-/m1/s1. The largest absolute Gasteiger partial charge is 0.396 e. The quantitative estimate of drug-likeness (QED) is 0.733. The van der Waals surface area contributed by atoms with Gasteiger partial charge in [0.1, 0.15) is 0 Å². The summed E-state index contributed by atoms with van der Waals surface area (Å²) in [6.07, 6.45) is 4.57. The molecule has 0 aromatic heterocycles. The predicted molar refractivity (Wildman–Crippen MR) is 60.4 cm³/mol. The zero-order valence-electron chi connectivity index (χ0n) is 8.95. The Balaban J connectivity index is 2.58. The van der Waals surface area contributed by atoms with Crippen molar-refractivity contribution in [2.45, 2.75) is 38.5 Å². The first-order valence-corrected chi connectivity index (χ1v) is 5.54. The summed E-state index contributed by atoms with van der Waals surface area (Å²) in [5, 5.41) is 9.00. The molecule has 1 N–H and O–H groups in total. The van der Waals surface area contributed by atoms with Crippen LogP contribution in [-0.4, -0.2) is 11.7 Å². The van der Waals surface area contributed by atoms with E-state index in [9.17, 15) is 0 Å². The van der Waals surface area contributed by atoms with Crippen molar-refractivity contribution in [3.05, 3.63) is 35.9 Å². The molecule has 1 nitrogen and oxygen atoms in total. The van der Waals surface area contributed by atoms with Crippen LogP contribution in [0.3, 0.4) is 0 Å². The first-order valence-electron chi connectivity index (χ1n) is 5.54. The highest BCUT2D eigenvalue weighted by Gasteiger charge is 2.09. The van der Waals surface area contributed by atoms with Gasteiger partial charge in [-0.2, -0.15) is 0 Å². The molecule has 1 rings (SSSR count). The molecule has 0 aliphatic carbocycles. The van der Waals surface area contributed by atoms with E-state index in [1.165, 1.54) is 24.8 Å². The lowest BCUT2D eigenvalue weighted by Crippen LogP contribution is -2.01. The van der Waals surface area contributed by atoms with E-state index in [4.69, 9.17) is 5.11 Å². The highest BCUT2D eigenvalue weighted by atomic mass is 16.3. The molecule has 0 bridgehead atoms. The molecule has 1 atom stereocenters. The van der Waals surface area contributed by atoms with Crippen LogP contribution in [0, 0.1) is 0 Å². The Kier molecular flexibility index (Phi) is 5.31. The van der Waals surface area contributed by atoms with Crippen molar-refractivity contribution in [1.29, 1.82) is 0 Å². The van der Waals surface area contributed by atoms with Crippen LogP contribution in [0.4, 0.5) is 0 Å². The lowest BCUT2D eigenvalue weighted by molar-refractivity contribution is 0.271. The Morgan fingerprint density at radius 2 is 1.86 bits per heavy atom. The number of benzene rings is 1. The average molecular weight is 192 g/mol. The first-order chi connectivity index (χ1) is 6.88. The van der Waals surface area contributed by atoms with Gasteiger partial charge in [0.2, 0.25) is 0 Å². The summed E-state index contributed by atoms with van der Waals surface area (Å²) in [6.45, 7) is 2.50. The summed E-state index contributed by atoms with van der Waals surface area (Å²) in [5.41, 5.74) is 1.37. The zero-order valence-corrected chi connectivity index (χ0v) is 8.95. The molecule has 0 radical (unpaired) electrons. The third-order valence-corrected chi connectivity index (χ3v) is 2.65. The molecular weight excluding hydrogens is 172 g/mol. The maximum Gasteiger partial charge on any atom is 0.0436 e. The minimum absolute atomic E-state index is 0.295. The molecule has 14 heavy (non-hydrogen) atoms. The lowest BCUT2D eigenvalue weighted by atomic mass is 9.91. The third-order valence-electron chi connectivity index (χ3n) is 2.65. The van der Waals surface area contributed by atoms with Crippen LogP contribution in [0.15, 0.2) is 30.3 Å². The molecule has 0 spiro atoms. The molecule has 0 aliphatic rings. The fourth-order valence-electron chi connectivity index (χ4n) is 1.81. The molecule has 0 saturated heterocycles. The normalized spacial score (nSPS) is 12.7. The molecule has 0 fully saturated rings. The molecule has 78 valence electrons. The van der Waals surface area contributed by atoms with Gasteiger partial charge in [0.05, 0.1) is 0 Å². The number of hydrogen-bond acceptors (Lipinski definition) is 1. The van der Waals surface area contributed by atoms with Crippen molar-refractivity contribution < 1.29 is 5.11 Å². The van der Waals surface area contributed by atoms with E-state index in [-0.39, 0.29) is 0 Å². The zero-order chi connectivity index (χ0) is 10.2. The number of hydrogen-bond donors (Lipinski definition) is 1.